The molecule has 102 valence electrons. The van der Waals surface area contributed by atoms with E-state index in [0.29, 0.717) is 27.9 Å². The summed E-state index contributed by atoms with van der Waals surface area (Å²) in [5, 5.41) is 10.8. The minimum Gasteiger partial charge on any atom is -0.478 e. The summed E-state index contributed by atoms with van der Waals surface area (Å²) in [6.07, 6.45) is 0.610. The van der Waals surface area contributed by atoms with Gasteiger partial charge in [0.15, 0.2) is 0 Å². The number of benzene rings is 2. The van der Waals surface area contributed by atoms with Crippen LogP contribution in [0.5, 0.6) is 0 Å². The SMILES string of the molecule is O=C(O)c1c2c(nc3cc(Cl)ccc13)-c1ccccc1C2. The molecule has 4 heteroatoms. The van der Waals surface area contributed by atoms with E-state index < -0.39 is 5.97 Å². The lowest BCUT2D eigenvalue weighted by Gasteiger charge is -2.09. The Hall–Kier alpha value is -2.39. The molecule has 3 aromatic rings. The highest BCUT2D eigenvalue weighted by Crippen LogP contribution is 2.39. The zero-order chi connectivity index (χ0) is 14.6. The van der Waals surface area contributed by atoms with Gasteiger partial charge in [-0.05, 0) is 23.3 Å². The zero-order valence-electron chi connectivity index (χ0n) is 10.9. The van der Waals surface area contributed by atoms with Gasteiger partial charge in [-0.3, -0.25) is 0 Å². The van der Waals surface area contributed by atoms with Gasteiger partial charge in [0.2, 0.25) is 0 Å². The summed E-state index contributed by atoms with van der Waals surface area (Å²) in [6, 6.07) is 13.0. The molecule has 0 unspecified atom stereocenters. The van der Waals surface area contributed by atoms with Crippen LogP contribution >= 0.6 is 11.6 Å². The van der Waals surface area contributed by atoms with Crippen LogP contribution in [0, 0.1) is 0 Å². The first-order chi connectivity index (χ1) is 10.1. The molecule has 2 aromatic carbocycles. The van der Waals surface area contributed by atoms with Gasteiger partial charge in [0.1, 0.15) is 0 Å². The number of carboxylic acids is 1. The molecule has 0 amide bonds. The van der Waals surface area contributed by atoms with Crippen LogP contribution in [0.4, 0.5) is 0 Å². The van der Waals surface area contributed by atoms with E-state index in [1.54, 1.807) is 18.2 Å². The zero-order valence-corrected chi connectivity index (χ0v) is 11.7. The monoisotopic (exact) mass is 295 g/mol. The Morgan fingerprint density at radius 3 is 2.81 bits per heavy atom. The standard InChI is InChI=1S/C17H10ClNO2/c18-10-5-6-12-14(8-10)19-16-11-4-2-1-3-9(11)7-13(16)15(12)17(20)21/h1-6,8H,7H2,(H,20,21). The molecule has 3 nitrogen and oxygen atoms in total. The Labute approximate surface area is 125 Å². The molecule has 21 heavy (non-hydrogen) atoms. The number of fused-ring (bicyclic) bond motifs is 4. The summed E-state index contributed by atoms with van der Waals surface area (Å²) in [7, 11) is 0. The molecule has 1 aliphatic carbocycles. The highest BCUT2D eigenvalue weighted by atomic mass is 35.5. The molecule has 0 radical (unpaired) electrons. The Balaban J connectivity index is 2.15. The van der Waals surface area contributed by atoms with Crippen molar-refractivity contribution in [2.75, 3.05) is 0 Å². The third-order valence-corrected chi connectivity index (χ3v) is 4.14. The Morgan fingerprint density at radius 1 is 1.19 bits per heavy atom. The number of nitrogens with zero attached hydrogens (tertiary/aromatic N) is 1. The van der Waals surface area contributed by atoms with Gasteiger partial charge in [-0.15, -0.1) is 0 Å². The number of carbonyl (C=O) groups is 1. The second-order valence-electron chi connectivity index (χ2n) is 5.11. The third-order valence-electron chi connectivity index (χ3n) is 3.90. The maximum absolute atomic E-state index is 11.7. The van der Waals surface area contributed by atoms with E-state index in [1.807, 2.05) is 24.3 Å². The fourth-order valence-electron chi connectivity index (χ4n) is 3.01. The molecule has 0 saturated carbocycles. The van der Waals surface area contributed by atoms with Crippen molar-refractivity contribution in [2.45, 2.75) is 6.42 Å². The number of carboxylic acid groups (broad SMARTS) is 1. The van der Waals surface area contributed by atoms with Crippen molar-refractivity contribution in [3.8, 4) is 11.3 Å². The lowest BCUT2D eigenvalue weighted by Crippen LogP contribution is -2.04. The van der Waals surface area contributed by atoms with Gasteiger partial charge in [-0.25, -0.2) is 9.78 Å². The van der Waals surface area contributed by atoms with Crippen LogP contribution in [0.2, 0.25) is 5.02 Å². The minimum atomic E-state index is -0.922. The third kappa shape index (κ3) is 1.74. The summed E-state index contributed by atoms with van der Waals surface area (Å²) in [4.78, 5) is 16.4. The fraction of sp³-hybridized carbons (Fsp3) is 0.0588. The van der Waals surface area contributed by atoms with E-state index in [2.05, 4.69) is 4.98 Å². The first-order valence-electron chi connectivity index (χ1n) is 6.59. The van der Waals surface area contributed by atoms with Gasteiger partial charge in [-0.2, -0.15) is 0 Å². The number of aromatic carboxylic acids is 1. The molecule has 0 aliphatic heterocycles. The second kappa shape index (κ2) is 4.30. The molecule has 0 spiro atoms. The maximum Gasteiger partial charge on any atom is 0.336 e. The molecule has 1 aliphatic rings. The van der Waals surface area contributed by atoms with Gasteiger partial charge >= 0.3 is 5.97 Å². The molecule has 1 aromatic heterocycles. The summed E-state index contributed by atoms with van der Waals surface area (Å²) in [5.74, 6) is -0.922. The van der Waals surface area contributed by atoms with Crippen molar-refractivity contribution in [2.24, 2.45) is 0 Å². The van der Waals surface area contributed by atoms with Crippen molar-refractivity contribution < 1.29 is 9.90 Å². The van der Waals surface area contributed by atoms with Crippen molar-refractivity contribution in [3.05, 3.63) is 64.2 Å². The van der Waals surface area contributed by atoms with Gasteiger partial charge in [0.25, 0.3) is 0 Å². The smallest absolute Gasteiger partial charge is 0.336 e. The molecular formula is C17H10ClNO2. The van der Waals surface area contributed by atoms with Gasteiger partial charge in [0, 0.05) is 22.4 Å². The number of hydrogen-bond acceptors (Lipinski definition) is 2. The first-order valence-corrected chi connectivity index (χ1v) is 6.96. The van der Waals surface area contributed by atoms with Crippen LogP contribution in [0.15, 0.2) is 42.5 Å². The summed E-state index contributed by atoms with van der Waals surface area (Å²) < 4.78 is 0. The van der Waals surface area contributed by atoms with E-state index in [9.17, 15) is 9.90 Å². The normalized spacial score (nSPS) is 12.2. The van der Waals surface area contributed by atoms with Gasteiger partial charge in [0.05, 0.1) is 16.8 Å². The molecular weight excluding hydrogens is 286 g/mol. The minimum absolute atomic E-state index is 0.336. The van der Waals surface area contributed by atoms with Crippen LogP contribution in [0.1, 0.15) is 21.5 Å². The van der Waals surface area contributed by atoms with E-state index in [1.165, 1.54) is 0 Å². The van der Waals surface area contributed by atoms with Crippen molar-refractivity contribution >= 4 is 28.5 Å². The van der Waals surface area contributed by atoms with Crippen LogP contribution < -0.4 is 0 Å². The van der Waals surface area contributed by atoms with Crippen molar-refractivity contribution in [3.63, 3.8) is 0 Å². The molecule has 0 saturated heterocycles. The van der Waals surface area contributed by atoms with E-state index in [4.69, 9.17) is 11.6 Å². The molecule has 4 rings (SSSR count). The second-order valence-corrected chi connectivity index (χ2v) is 5.55. The van der Waals surface area contributed by atoms with Crippen LogP contribution in [-0.4, -0.2) is 16.1 Å². The predicted octanol–water partition coefficient (Wildman–Crippen LogP) is 4.16. The molecule has 1 heterocycles. The van der Waals surface area contributed by atoms with E-state index in [-0.39, 0.29) is 0 Å². The number of pyridine rings is 1. The topological polar surface area (TPSA) is 50.2 Å². The maximum atomic E-state index is 11.7. The van der Waals surface area contributed by atoms with Crippen LogP contribution in [-0.2, 0) is 6.42 Å². The number of aromatic nitrogens is 1. The predicted molar refractivity (Wildman–Crippen MR) is 82.0 cm³/mol. The lowest BCUT2D eigenvalue weighted by atomic mass is 10.0. The van der Waals surface area contributed by atoms with Gasteiger partial charge in [-0.1, -0.05) is 41.9 Å². The number of hydrogen-bond donors (Lipinski definition) is 1. The summed E-state index contributed by atoms with van der Waals surface area (Å²) >= 11 is 6.01. The average Bonchev–Trinajstić information content (AvgIpc) is 2.82. The molecule has 1 N–H and O–H groups in total. The molecule has 0 fully saturated rings. The van der Waals surface area contributed by atoms with E-state index in [0.717, 1.165) is 22.4 Å². The molecule has 0 atom stereocenters. The number of halogens is 1. The van der Waals surface area contributed by atoms with Crippen LogP contribution in [0.3, 0.4) is 0 Å². The average molecular weight is 296 g/mol. The summed E-state index contributed by atoms with van der Waals surface area (Å²) in [5.41, 5.74) is 4.63. The van der Waals surface area contributed by atoms with Crippen molar-refractivity contribution in [1.29, 1.82) is 0 Å². The van der Waals surface area contributed by atoms with Crippen molar-refractivity contribution in [1.82, 2.24) is 4.98 Å². The largest absolute Gasteiger partial charge is 0.478 e. The first kappa shape index (κ1) is 12.4. The Kier molecular flexibility index (Phi) is 2.53. The Bertz CT molecular complexity index is 918. The summed E-state index contributed by atoms with van der Waals surface area (Å²) in [6.45, 7) is 0. The highest BCUT2D eigenvalue weighted by Gasteiger charge is 2.27. The fourth-order valence-corrected chi connectivity index (χ4v) is 3.18. The number of rotatable bonds is 1. The van der Waals surface area contributed by atoms with Crippen LogP contribution in [0.25, 0.3) is 22.2 Å². The quantitative estimate of drug-likeness (QED) is 0.574. The van der Waals surface area contributed by atoms with E-state index >= 15 is 0 Å². The Morgan fingerprint density at radius 2 is 2.00 bits per heavy atom. The molecule has 0 bridgehead atoms. The van der Waals surface area contributed by atoms with Gasteiger partial charge < -0.3 is 5.11 Å². The highest BCUT2D eigenvalue weighted by molar-refractivity contribution is 6.31. The lowest BCUT2D eigenvalue weighted by molar-refractivity contribution is 0.0698.